The van der Waals surface area contributed by atoms with Gasteiger partial charge in [-0.2, -0.15) is 0 Å². The maximum absolute atomic E-state index is 12.9. The van der Waals surface area contributed by atoms with Gasteiger partial charge >= 0.3 is 17.9 Å². The Morgan fingerprint density at radius 2 is 0.506 bits per heavy atom. The van der Waals surface area contributed by atoms with E-state index in [-0.39, 0.29) is 37.5 Å². The van der Waals surface area contributed by atoms with E-state index in [9.17, 15) is 14.4 Å². The van der Waals surface area contributed by atoms with Crippen LogP contribution in [0.2, 0.25) is 0 Å². The van der Waals surface area contributed by atoms with Gasteiger partial charge in [-0.25, -0.2) is 0 Å². The van der Waals surface area contributed by atoms with E-state index in [0.29, 0.717) is 19.3 Å². The molecule has 0 aliphatic rings. The van der Waals surface area contributed by atoms with Crippen molar-refractivity contribution >= 4 is 17.9 Å². The van der Waals surface area contributed by atoms with Gasteiger partial charge in [-0.3, -0.25) is 14.4 Å². The second-order valence-electron chi connectivity index (χ2n) is 19.8. The molecule has 0 spiro atoms. The van der Waals surface area contributed by atoms with Crippen molar-refractivity contribution in [3.8, 4) is 0 Å². The number of carbonyl (C=O) groups is 3. The molecule has 0 N–H and O–H groups in total. The minimum Gasteiger partial charge on any atom is -0.462 e. The largest absolute Gasteiger partial charge is 0.462 e. The molecule has 0 aromatic heterocycles. The summed E-state index contributed by atoms with van der Waals surface area (Å²) in [6.07, 6.45) is 97.6. The Hall–Kier alpha value is -5.49. The first-order valence-corrected chi connectivity index (χ1v) is 31.3. The van der Waals surface area contributed by atoms with Gasteiger partial charge in [0.05, 0.1) is 0 Å². The van der Waals surface area contributed by atoms with Crippen LogP contribution in [0.1, 0.15) is 239 Å². The molecule has 1 atom stereocenters. The van der Waals surface area contributed by atoms with Crippen LogP contribution in [0.5, 0.6) is 0 Å². The van der Waals surface area contributed by atoms with E-state index in [2.05, 4.69) is 203 Å². The Morgan fingerprint density at radius 3 is 0.835 bits per heavy atom. The Morgan fingerprint density at radius 1 is 0.266 bits per heavy atom. The molecule has 0 aliphatic carbocycles. The highest BCUT2D eigenvalue weighted by atomic mass is 16.6. The van der Waals surface area contributed by atoms with Crippen LogP contribution in [0.3, 0.4) is 0 Å². The molecular weight excluding hydrogens is 973 g/mol. The van der Waals surface area contributed by atoms with Gasteiger partial charge < -0.3 is 14.2 Å². The van der Waals surface area contributed by atoms with Gasteiger partial charge in [-0.15, -0.1) is 0 Å². The molecule has 0 aromatic rings. The minimum atomic E-state index is -0.836. The number of allylic oxidation sites excluding steroid dienone is 30. The Bertz CT molecular complexity index is 1870. The predicted octanol–water partition coefficient (Wildman–Crippen LogP) is 21.7. The van der Waals surface area contributed by atoms with E-state index < -0.39 is 6.10 Å². The molecule has 1 unspecified atom stereocenters. The first kappa shape index (κ1) is 73.5. The molecule has 0 aromatic carbocycles. The maximum Gasteiger partial charge on any atom is 0.306 e. The topological polar surface area (TPSA) is 78.9 Å². The van der Waals surface area contributed by atoms with E-state index >= 15 is 0 Å². The van der Waals surface area contributed by atoms with Gasteiger partial charge in [0.15, 0.2) is 6.10 Å². The lowest BCUT2D eigenvalue weighted by atomic mass is 10.1. The fraction of sp³-hybridized carbons (Fsp3) is 0.548. The summed E-state index contributed by atoms with van der Waals surface area (Å²) in [7, 11) is 0. The van der Waals surface area contributed by atoms with Crippen LogP contribution in [0, 0.1) is 0 Å². The molecule has 0 saturated heterocycles. The lowest BCUT2D eigenvalue weighted by Crippen LogP contribution is -2.30. The Kier molecular flexibility index (Phi) is 60.5. The average Bonchev–Trinajstić information content (AvgIpc) is 3.45. The van der Waals surface area contributed by atoms with E-state index in [4.69, 9.17) is 14.2 Å². The van der Waals surface area contributed by atoms with Gasteiger partial charge in [0.2, 0.25) is 0 Å². The van der Waals surface area contributed by atoms with Crippen molar-refractivity contribution in [2.45, 2.75) is 245 Å². The van der Waals surface area contributed by atoms with Crippen LogP contribution in [-0.2, 0) is 28.6 Å². The molecular formula is C73H112O6. The number of carbonyl (C=O) groups excluding carboxylic acids is 3. The summed E-state index contributed by atoms with van der Waals surface area (Å²) < 4.78 is 16.8. The van der Waals surface area contributed by atoms with E-state index in [1.165, 1.54) is 38.5 Å². The maximum atomic E-state index is 12.9. The van der Waals surface area contributed by atoms with Gasteiger partial charge in [-0.05, 0) is 154 Å². The summed E-state index contributed by atoms with van der Waals surface area (Å²) in [5, 5.41) is 0. The van der Waals surface area contributed by atoms with E-state index in [1.54, 1.807) is 0 Å². The summed E-state index contributed by atoms with van der Waals surface area (Å²) in [4.78, 5) is 38.2. The van der Waals surface area contributed by atoms with Crippen molar-refractivity contribution in [3.05, 3.63) is 182 Å². The molecule has 0 rings (SSSR count). The van der Waals surface area contributed by atoms with E-state index in [1.807, 2.05) is 0 Å². The fourth-order valence-corrected chi connectivity index (χ4v) is 7.76. The summed E-state index contributed by atoms with van der Waals surface area (Å²) >= 11 is 0. The molecule has 0 radical (unpaired) electrons. The van der Waals surface area contributed by atoms with Crippen molar-refractivity contribution in [2.75, 3.05) is 13.2 Å². The summed E-state index contributed by atoms with van der Waals surface area (Å²) in [6.45, 7) is 6.29. The molecule has 0 saturated carbocycles. The predicted molar refractivity (Wildman–Crippen MR) is 343 cm³/mol. The zero-order chi connectivity index (χ0) is 57.1. The number of rotatable bonds is 54. The van der Waals surface area contributed by atoms with Crippen LogP contribution < -0.4 is 0 Å². The highest BCUT2D eigenvalue weighted by Gasteiger charge is 2.19. The molecule has 6 heteroatoms. The van der Waals surface area contributed by atoms with Gasteiger partial charge in [0, 0.05) is 19.3 Å². The van der Waals surface area contributed by atoms with Gasteiger partial charge in [-0.1, -0.05) is 248 Å². The standard InChI is InChI=1S/C73H112O6/c1-4-7-10-13-16-19-22-25-27-29-30-31-32-33-34-35-36-37-38-39-40-41-42-44-45-48-51-54-57-60-63-66-72(75)78-69-70(68-77-71(74)65-62-59-56-53-50-47-24-21-18-15-12-9-6-3)79-73(76)67-64-61-58-55-52-49-46-43-28-26-23-20-17-14-11-8-5-2/h7-8,10-11,16-17,19-21,24-28,30-31,33-34,36-37,39-40,42,44,46,48-49,51,55,58,70H,4-6,9,12-15,18,22-23,29,32,35,38,41,43,45,47,50,52-54,56-57,59-69H2,1-3H3/b10-7-,11-8-,19-16-,20-17-,24-21-,27-25-,28-26-,31-30-,34-33-,37-36-,40-39-,44-42-,49-46-,51-48-,58-55-. The highest BCUT2D eigenvalue weighted by Crippen LogP contribution is 2.12. The monoisotopic (exact) mass is 1080 g/mol. The smallest absolute Gasteiger partial charge is 0.306 e. The second-order valence-corrected chi connectivity index (χ2v) is 19.8. The number of hydrogen-bond donors (Lipinski definition) is 0. The third-order valence-corrected chi connectivity index (χ3v) is 12.4. The zero-order valence-corrected chi connectivity index (χ0v) is 50.3. The molecule has 440 valence electrons. The highest BCUT2D eigenvalue weighted by molar-refractivity contribution is 5.71. The van der Waals surface area contributed by atoms with Crippen LogP contribution >= 0.6 is 0 Å². The van der Waals surface area contributed by atoms with Crippen LogP contribution in [0.15, 0.2) is 182 Å². The van der Waals surface area contributed by atoms with Crippen LogP contribution in [0.25, 0.3) is 0 Å². The molecule has 79 heavy (non-hydrogen) atoms. The SMILES string of the molecule is CC/C=C\C/C=C\C/C=C\C/C=C\C/C=C\C/C=C\C/C=C\C/C=C\C/C=C\CCCCCC(=O)OCC(COC(=O)CCCCCCC/C=C\CCCCCC)OC(=O)CCC/C=C\C/C=C\C/C=C\C/C=C\C/C=C\CC. The second kappa shape index (κ2) is 65.0. The summed E-state index contributed by atoms with van der Waals surface area (Å²) in [5.74, 6) is -1.04. The van der Waals surface area contributed by atoms with Gasteiger partial charge in [0.1, 0.15) is 13.2 Å². The van der Waals surface area contributed by atoms with Crippen molar-refractivity contribution in [3.63, 3.8) is 0 Å². The summed E-state index contributed by atoms with van der Waals surface area (Å²) in [6, 6.07) is 0. The quantitative estimate of drug-likeness (QED) is 0.0261. The summed E-state index contributed by atoms with van der Waals surface area (Å²) in [5.41, 5.74) is 0. The third-order valence-electron chi connectivity index (χ3n) is 12.4. The van der Waals surface area contributed by atoms with E-state index in [0.717, 1.165) is 154 Å². The van der Waals surface area contributed by atoms with Crippen molar-refractivity contribution in [1.82, 2.24) is 0 Å². The normalized spacial score (nSPS) is 13.4. The zero-order valence-electron chi connectivity index (χ0n) is 50.3. The Labute approximate surface area is 484 Å². The Balaban J connectivity index is 4.48. The lowest BCUT2D eigenvalue weighted by molar-refractivity contribution is -0.167. The van der Waals surface area contributed by atoms with Crippen molar-refractivity contribution in [2.24, 2.45) is 0 Å². The minimum absolute atomic E-state index is 0.124. The fourth-order valence-electron chi connectivity index (χ4n) is 7.76. The van der Waals surface area contributed by atoms with Crippen LogP contribution in [-0.4, -0.2) is 37.2 Å². The molecule has 0 aliphatic heterocycles. The first-order valence-electron chi connectivity index (χ1n) is 31.3. The number of unbranched alkanes of at least 4 members (excludes halogenated alkanes) is 13. The van der Waals surface area contributed by atoms with Crippen molar-refractivity contribution < 1.29 is 28.6 Å². The average molecular weight is 1090 g/mol. The number of hydrogen-bond acceptors (Lipinski definition) is 6. The third kappa shape index (κ3) is 63.2. The van der Waals surface area contributed by atoms with Crippen molar-refractivity contribution in [1.29, 1.82) is 0 Å². The van der Waals surface area contributed by atoms with Gasteiger partial charge in [0.25, 0.3) is 0 Å². The molecule has 0 amide bonds. The molecule has 0 heterocycles. The molecule has 0 fully saturated rings. The van der Waals surface area contributed by atoms with Crippen LogP contribution in [0.4, 0.5) is 0 Å². The molecule has 6 nitrogen and oxygen atoms in total. The lowest BCUT2D eigenvalue weighted by Gasteiger charge is -2.18. The number of ether oxygens (including phenoxy) is 3. The first-order chi connectivity index (χ1) is 39.0. The number of esters is 3. The molecule has 0 bridgehead atoms.